The number of anilines is 2. The largest absolute Gasteiger partial charge is 0.354 e. The second kappa shape index (κ2) is 5.10. The summed E-state index contributed by atoms with van der Waals surface area (Å²) >= 11 is 0. The molecule has 1 aliphatic heterocycles. The Labute approximate surface area is 104 Å². The highest BCUT2D eigenvalue weighted by atomic mass is 16.6. The van der Waals surface area contributed by atoms with Gasteiger partial charge in [-0.25, -0.2) is 15.8 Å². The number of piperazine rings is 1. The number of nitrogens with zero attached hydrogens (tertiary/aromatic N) is 5. The molecular weight excluding hydrogens is 238 g/mol. The number of nitrogens with one attached hydrogen (secondary N) is 1. The average Bonchev–Trinajstić information content (AvgIpc) is 2.38. The first-order chi connectivity index (χ1) is 8.63. The van der Waals surface area contributed by atoms with E-state index in [-0.39, 0.29) is 11.5 Å². The number of nitrogen functional groups attached to an aromatic ring is 1. The fourth-order valence-corrected chi connectivity index (χ4v) is 1.89. The molecule has 18 heavy (non-hydrogen) atoms. The van der Waals surface area contributed by atoms with Gasteiger partial charge in [0, 0.05) is 26.2 Å². The standard InChI is InChI=1S/C9H15N7O2/c1-14-2-4-15(5-3-14)9-7(16(17)18)8(13-10)11-6-12-9/h6H,2-5,10H2,1H3,(H,11,12,13). The molecule has 0 aromatic carbocycles. The maximum atomic E-state index is 11.1. The van der Waals surface area contributed by atoms with Crippen molar-refractivity contribution in [3.05, 3.63) is 16.4 Å². The van der Waals surface area contributed by atoms with Gasteiger partial charge >= 0.3 is 5.69 Å². The molecule has 1 aromatic heterocycles. The lowest BCUT2D eigenvalue weighted by Crippen LogP contribution is -2.45. The van der Waals surface area contributed by atoms with E-state index in [1.165, 1.54) is 6.33 Å². The Balaban J connectivity index is 2.35. The molecule has 0 radical (unpaired) electrons. The van der Waals surface area contributed by atoms with E-state index in [9.17, 15) is 10.1 Å². The van der Waals surface area contributed by atoms with Gasteiger partial charge in [-0.05, 0) is 7.05 Å². The SMILES string of the molecule is CN1CCN(c2ncnc(NN)c2[N+](=O)[O-])CC1. The highest BCUT2D eigenvalue weighted by Crippen LogP contribution is 2.31. The van der Waals surface area contributed by atoms with Crippen molar-refractivity contribution in [3.8, 4) is 0 Å². The summed E-state index contributed by atoms with van der Waals surface area (Å²) in [5, 5.41) is 11.1. The molecule has 0 bridgehead atoms. The molecular formula is C9H15N7O2. The van der Waals surface area contributed by atoms with Crippen molar-refractivity contribution in [2.45, 2.75) is 0 Å². The summed E-state index contributed by atoms with van der Waals surface area (Å²) in [6, 6.07) is 0. The Morgan fingerprint density at radius 2 is 2.06 bits per heavy atom. The number of aromatic nitrogens is 2. The fourth-order valence-electron chi connectivity index (χ4n) is 1.89. The molecule has 9 heteroatoms. The highest BCUT2D eigenvalue weighted by Gasteiger charge is 2.28. The second-order valence-electron chi connectivity index (χ2n) is 4.09. The van der Waals surface area contributed by atoms with Crippen LogP contribution in [-0.2, 0) is 0 Å². The molecule has 1 aliphatic rings. The van der Waals surface area contributed by atoms with Crippen molar-refractivity contribution in [3.63, 3.8) is 0 Å². The number of nitrogens with two attached hydrogens (primary N) is 1. The molecule has 1 aromatic rings. The van der Waals surface area contributed by atoms with Gasteiger partial charge < -0.3 is 15.2 Å². The van der Waals surface area contributed by atoms with Crippen molar-refractivity contribution < 1.29 is 4.92 Å². The minimum Gasteiger partial charge on any atom is -0.348 e. The van der Waals surface area contributed by atoms with Crippen molar-refractivity contribution in [1.29, 1.82) is 0 Å². The number of hydrogen-bond acceptors (Lipinski definition) is 8. The second-order valence-corrected chi connectivity index (χ2v) is 4.09. The Morgan fingerprint density at radius 1 is 1.39 bits per heavy atom. The zero-order chi connectivity index (χ0) is 13.1. The van der Waals surface area contributed by atoms with Crippen LogP contribution in [0, 0.1) is 10.1 Å². The number of likely N-dealkylation sites (N-methyl/N-ethyl adjacent to an activating group) is 1. The van der Waals surface area contributed by atoms with Gasteiger partial charge in [0.05, 0.1) is 4.92 Å². The van der Waals surface area contributed by atoms with Gasteiger partial charge in [0.1, 0.15) is 6.33 Å². The third-order valence-corrected chi connectivity index (χ3v) is 2.93. The van der Waals surface area contributed by atoms with Crippen LogP contribution in [0.2, 0.25) is 0 Å². The van der Waals surface area contributed by atoms with Crippen molar-refractivity contribution in [1.82, 2.24) is 14.9 Å². The van der Waals surface area contributed by atoms with Gasteiger partial charge in [-0.15, -0.1) is 0 Å². The molecule has 0 unspecified atom stereocenters. The van der Waals surface area contributed by atoms with E-state index in [0.29, 0.717) is 18.9 Å². The lowest BCUT2D eigenvalue weighted by atomic mass is 10.3. The molecule has 3 N–H and O–H groups in total. The third kappa shape index (κ3) is 2.31. The molecule has 2 rings (SSSR count). The van der Waals surface area contributed by atoms with Crippen LogP contribution in [0.15, 0.2) is 6.33 Å². The van der Waals surface area contributed by atoms with Crippen LogP contribution in [0.4, 0.5) is 17.3 Å². The number of rotatable bonds is 3. The Morgan fingerprint density at radius 3 is 2.61 bits per heavy atom. The van der Waals surface area contributed by atoms with Gasteiger partial charge in [-0.1, -0.05) is 0 Å². The number of hydrogen-bond donors (Lipinski definition) is 2. The highest BCUT2D eigenvalue weighted by molar-refractivity contribution is 5.69. The monoisotopic (exact) mass is 253 g/mol. The maximum Gasteiger partial charge on any atom is 0.354 e. The first-order valence-corrected chi connectivity index (χ1v) is 5.53. The van der Waals surface area contributed by atoms with Gasteiger partial charge in [-0.3, -0.25) is 10.1 Å². The first kappa shape index (κ1) is 12.5. The molecule has 0 amide bonds. The summed E-state index contributed by atoms with van der Waals surface area (Å²) in [6.07, 6.45) is 1.27. The van der Waals surface area contributed by atoms with E-state index < -0.39 is 4.92 Å². The van der Waals surface area contributed by atoms with Gasteiger partial charge in [0.15, 0.2) is 0 Å². The quantitative estimate of drug-likeness (QED) is 0.418. The summed E-state index contributed by atoms with van der Waals surface area (Å²) in [5.74, 6) is 5.58. The van der Waals surface area contributed by atoms with Crippen LogP contribution < -0.4 is 16.2 Å². The minimum atomic E-state index is -0.511. The van der Waals surface area contributed by atoms with Gasteiger partial charge in [0.2, 0.25) is 11.6 Å². The summed E-state index contributed by atoms with van der Waals surface area (Å²) in [6.45, 7) is 3.07. The topological polar surface area (TPSA) is 113 Å². The fraction of sp³-hybridized carbons (Fsp3) is 0.556. The van der Waals surface area contributed by atoms with Crippen LogP contribution >= 0.6 is 0 Å². The van der Waals surface area contributed by atoms with E-state index >= 15 is 0 Å². The lowest BCUT2D eigenvalue weighted by molar-refractivity contribution is -0.383. The Hall–Kier alpha value is -2.00. The van der Waals surface area contributed by atoms with E-state index in [0.717, 1.165) is 13.1 Å². The average molecular weight is 253 g/mol. The third-order valence-electron chi connectivity index (χ3n) is 2.93. The van der Waals surface area contributed by atoms with Crippen LogP contribution in [0.3, 0.4) is 0 Å². The molecule has 2 heterocycles. The zero-order valence-electron chi connectivity index (χ0n) is 10.0. The summed E-state index contributed by atoms with van der Waals surface area (Å²) in [4.78, 5) is 22.4. The van der Waals surface area contributed by atoms with Crippen LogP contribution in [0.1, 0.15) is 0 Å². The Bertz CT molecular complexity index is 445. The molecule has 1 fully saturated rings. The Kier molecular flexibility index (Phi) is 3.53. The van der Waals surface area contributed by atoms with Crippen LogP contribution in [-0.4, -0.2) is 53.0 Å². The predicted octanol–water partition coefficient (Wildman–Crippen LogP) is -0.578. The molecule has 0 saturated carbocycles. The summed E-state index contributed by atoms with van der Waals surface area (Å²) in [7, 11) is 2.01. The first-order valence-electron chi connectivity index (χ1n) is 5.53. The molecule has 0 aliphatic carbocycles. The van der Waals surface area contributed by atoms with Crippen molar-refractivity contribution >= 4 is 17.3 Å². The van der Waals surface area contributed by atoms with E-state index in [2.05, 4.69) is 20.3 Å². The number of nitro groups is 1. The normalized spacial score (nSPS) is 16.7. The van der Waals surface area contributed by atoms with E-state index in [4.69, 9.17) is 5.84 Å². The summed E-state index contributed by atoms with van der Waals surface area (Å²) in [5.41, 5.74) is 2.06. The van der Waals surface area contributed by atoms with Crippen LogP contribution in [0.5, 0.6) is 0 Å². The van der Waals surface area contributed by atoms with Gasteiger partial charge in [0.25, 0.3) is 0 Å². The van der Waals surface area contributed by atoms with Crippen molar-refractivity contribution in [2.24, 2.45) is 5.84 Å². The molecule has 0 spiro atoms. The molecule has 1 saturated heterocycles. The molecule has 9 nitrogen and oxygen atoms in total. The molecule has 0 atom stereocenters. The zero-order valence-corrected chi connectivity index (χ0v) is 10.0. The predicted molar refractivity (Wildman–Crippen MR) is 66.2 cm³/mol. The van der Waals surface area contributed by atoms with E-state index in [1.807, 2.05) is 11.9 Å². The van der Waals surface area contributed by atoms with Crippen LogP contribution in [0.25, 0.3) is 0 Å². The molecule has 98 valence electrons. The van der Waals surface area contributed by atoms with Crippen molar-refractivity contribution in [2.75, 3.05) is 43.6 Å². The maximum absolute atomic E-state index is 11.1. The smallest absolute Gasteiger partial charge is 0.348 e. The lowest BCUT2D eigenvalue weighted by Gasteiger charge is -2.32. The van der Waals surface area contributed by atoms with Gasteiger partial charge in [-0.2, -0.15) is 0 Å². The number of hydrazine groups is 1. The minimum absolute atomic E-state index is 0.0314. The summed E-state index contributed by atoms with van der Waals surface area (Å²) < 4.78 is 0. The van der Waals surface area contributed by atoms with E-state index in [1.54, 1.807) is 0 Å².